The van der Waals surface area contributed by atoms with Gasteiger partial charge in [-0.1, -0.05) is 12.1 Å². The molecule has 4 aromatic rings. The summed E-state index contributed by atoms with van der Waals surface area (Å²) in [5, 5.41) is 5.92. The maximum absolute atomic E-state index is 12.2. The minimum atomic E-state index is -0.0349. The fourth-order valence-electron chi connectivity index (χ4n) is 2.81. The van der Waals surface area contributed by atoms with Gasteiger partial charge in [0.15, 0.2) is 4.96 Å². The van der Waals surface area contributed by atoms with Gasteiger partial charge in [0, 0.05) is 28.7 Å². The number of aromatic nitrogens is 2. The van der Waals surface area contributed by atoms with Crippen molar-refractivity contribution in [3.63, 3.8) is 0 Å². The summed E-state index contributed by atoms with van der Waals surface area (Å²) in [7, 11) is 0. The van der Waals surface area contributed by atoms with E-state index in [-0.39, 0.29) is 5.91 Å². The first-order valence-corrected chi connectivity index (χ1v) is 8.64. The SMILES string of the molecule is Cc1ccc2c(CC(=O)NCc3cn4ccsc4n3)coc2c1C. The maximum atomic E-state index is 12.2. The summed E-state index contributed by atoms with van der Waals surface area (Å²) in [5.41, 5.74) is 4.95. The molecule has 24 heavy (non-hydrogen) atoms. The van der Waals surface area contributed by atoms with Gasteiger partial charge in [-0.25, -0.2) is 4.98 Å². The fraction of sp³-hybridized carbons (Fsp3) is 0.222. The molecule has 0 bridgehead atoms. The lowest BCUT2D eigenvalue weighted by Gasteiger charge is -2.03. The minimum absolute atomic E-state index is 0.0349. The van der Waals surface area contributed by atoms with Crippen LogP contribution in [0.2, 0.25) is 0 Å². The first-order valence-electron chi connectivity index (χ1n) is 7.76. The van der Waals surface area contributed by atoms with Crippen molar-refractivity contribution in [2.45, 2.75) is 26.8 Å². The number of nitrogens with zero attached hydrogens (tertiary/aromatic N) is 2. The van der Waals surface area contributed by atoms with Gasteiger partial charge in [-0.3, -0.25) is 9.20 Å². The van der Waals surface area contributed by atoms with Gasteiger partial charge in [0.05, 0.1) is 24.9 Å². The van der Waals surface area contributed by atoms with E-state index in [4.69, 9.17) is 4.42 Å². The van der Waals surface area contributed by atoms with Gasteiger partial charge in [-0.2, -0.15) is 0 Å². The van der Waals surface area contributed by atoms with Crippen molar-refractivity contribution in [3.05, 3.63) is 58.6 Å². The summed E-state index contributed by atoms with van der Waals surface area (Å²) in [6.07, 6.45) is 5.88. The number of rotatable bonds is 4. The molecule has 1 amide bonds. The van der Waals surface area contributed by atoms with Crippen LogP contribution in [0.5, 0.6) is 0 Å². The third kappa shape index (κ3) is 2.59. The number of hydrogen-bond acceptors (Lipinski definition) is 4. The minimum Gasteiger partial charge on any atom is -0.464 e. The molecule has 6 heteroatoms. The average molecular weight is 339 g/mol. The maximum Gasteiger partial charge on any atom is 0.224 e. The highest BCUT2D eigenvalue weighted by atomic mass is 32.1. The van der Waals surface area contributed by atoms with Gasteiger partial charge in [0.1, 0.15) is 5.58 Å². The van der Waals surface area contributed by atoms with Crippen molar-refractivity contribution in [2.24, 2.45) is 0 Å². The second-order valence-corrected chi connectivity index (χ2v) is 6.80. The van der Waals surface area contributed by atoms with E-state index in [1.807, 2.05) is 35.2 Å². The number of benzene rings is 1. The number of aryl methyl sites for hydroxylation is 2. The van der Waals surface area contributed by atoms with E-state index in [2.05, 4.69) is 23.3 Å². The van der Waals surface area contributed by atoms with E-state index < -0.39 is 0 Å². The Labute approximate surface area is 142 Å². The third-order valence-corrected chi connectivity index (χ3v) is 5.07. The molecule has 0 spiro atoms. The molecule has 0 saturated heterocycles. The molecule has 1 aromatic carbocycles. The first kappa shape index (κ1) is 15.0. The van der Waals surface area contributed by atoms with Crippen LogP contribution in [0.1, 0.15) is 22.4 Å². The molecule has 0 radical (unpaired) electrons. The molecule has 3 heterocycles. The highest BCUT2D eigenvalue weighted by Gasteiger charge is 2.13. The van der Waals surface area contributed by atoms with Crippen molar-refractivity contribution in [1.29, 1.82) is 0 Å². The molecule has 0 aliphatic carbocycles. The van der Waals surface area contributed by atoms with Crippen LogP contribution in [0.25, 0.3) is 15.9 Å². The summed E-state index contributed by atoms with van der Waals surface area (Å²) >= 11 is 1.58. The van der Waals surface area contributed by atoms with Crippen molar-refractivity contribution in [1.82, 2.24) is 14.7 Å². The molecule has 0 aliphatic heterocycles. The van der Waals surface area contributed by atoms with E-state index in [0.29, 0.717) is 13.0 Å². The number of nitrogens with one attached hydrogen (secondary N) is 1. The van der Waals surface area contributed by atoms with Crippen LogP contribution < -0.4 is 5.32 Å². The number of thiazole rings is 1. The van der Waals surface area contributed by atoms with Gasteiger partial charge in [-0.15, -0.1) is 11.3 Å². The second-order valence-electron chi connectivity index (χ2n) is 5.92. The van der Waals surface area contributed by atoms with Gasteiger partial charge >= 0.3 is 0 Å². The summed E-state index contributed by atoms with van der Waals surface area (Å²) in [6.45, 7) is 4.52. The Morgan fingerprint density at radius 3 is 3.08 bits per heavy atom. The predicted octanol–water partition coefficient (Wildman–Crippen LogP) is 3.62. The largest absolute Gasteiger partial charge is 0.464 e. The van der Waals surface area contributed by atoms with Crippen LogP contribution in [0, 0.1) is 13.8 Å². The Morgan fingerprint density at radius 1 is 1.38 bits per heavy atom. The first-order chi connectivity index (χ1) is 11.6. The summed E-state index contributed by atoms with van der Waals surface area (Å²) in [5.74, 6) is -0.0349. The topological polar surface area (TPSA) is 59.5 Å². The lowest BCUT2D eigenvalue weighted by atomic mass is 10.0. The van der Waals surface area contributed by atoms with Gasteiger partial charge < -0.3 is 9.73 Å². The van der Waals surface area contributed by atoms with Crippen LogP contribution in [0.3, 0.4) is 0 Å². The number of hydrogen-bond donors (Lipinski definition) is 1. The van der Waals surface area contributed by atoms with Gasteiger partial charge in [-0.05, 0) is 25.0 Å². The van der Waals surface area contributed by atoms with E-state index >= 15 is 0 Å². The van der Waals surface area contributed by atoms with E-state index in [0.717, 1.165) is 32.8 Å². The van der Waals surface area contributed by atoms with E-state index in [9.17, 15) is 4.79 Å². The highest BCUT2D eigenvalue weighted by Crippen LogP contribution is 2.26. The summed E-state index contributed by atoms with van der Waals surface area (Å²) < 4.78 is 7.62. The number of furan rings is 1. The van der Waals surface area contributed by atoms with Crippen LogP contribution in [0.4, 0.5) is 0 Å². The predicted molar refractivity (Wildman–Crippen MR) is 94.3 cm³/mol. The lowest BCUT2D eigenvalue weighted by molar-refractivity contribution is -0.120. The standard InChI is InChI=1S/C18H17N3O2S/c1-11-3-4-15-13(10-23-17(15)12(11)2)7-16(22)19-8-14-9-21-5-6-24-18(21)20-14/h3-6,9-10H,7-8H2,1-2H3,(H,19,22). The van der Waals surface area contributed by atoms with Crippen molar-refractivity contribution >= 4 is 33.2 Å². The van der Waals surface area contributed by atoms with Gasteiger partial charge in [0.25, 0.3) is 0 Å². The molecule has 0 saturated carbocycles. The van der Waals surface area contributed by atoms with Crippen molar-refractivity contribution < 1.29 is 9.21 Å². The van der Waals surface area contributed by atoms with Crippen LogP contribution in [-0.2, 0) is 17.8 Å². The van der Waals surface area contributed by atoms with Crippen molar-refractivity contribution in [2.75, 3.05) is 0 Å². The normalized spacial score (nSPS) is 11.4. The molecule has 0 aliphatic rings. The zero-order chi connectivity index (χ0) is 16.7. The molecule has 3 aromatic heterocycles. The number of imidazole rings is 1. The third-order valence-electron chi connectivity index (χ3n) is 4.30. The number of fused-ring (bicyclic) bond motifs is 2. The van der Waals surface area contributed by atoms with Gasteiger partial charge in [0.2, 0.25) is 5.91 Å². The van der Waals surface area contributed by atoms with Crippen molar-refractivity contribution in [3.8, 4) is 0 Å². The zero-order valence-electron chi connectivity index (χ0n) is 13.5. The Morgan fingerprint density at radius 2 is 2.25 bits per heavy atom. The molecule has 4 rings (SSSR count). The monoisotopic (exact) mass is 339 g/mol. The molecule has 1 N–H and O–H groups in total. The van der Waals surface area contributed by atoms with Crippen LogP contribution in [0.15, 0.2) is 40.6 Å². The Balaban J connectivity index is 1.46. The fourth-order valence-corrected chi connectivity index (χ4v) is 3.53. The Bertz CT molecular complexity index is 1010. The number of carbonyl (C=O) groups is 1. The van der Waals surface area contributed by atoms with E-state index in [1.54, 1.807) is 17.6 Å². The quantitative estimate of drug-likeness (QED) is 0.618. The molecular formula is C18H17N3O2S. The van der Waals surface area contributed by atoms with Crippen LogP contribution in [-0.4, -0.2) is 15.3 Å². The number of amides is 1. The zero-order valence-corrected chi connectivity index (χ0v) is 14.3. The lowest BCUT2D eigenvalue weighted by Crippen LogP contribution is -2.24. The molecule has 0 unspecified atom stereocenters. The molecule has 0 fully saturated rings. The van der Waals surface area contributed by atoms with E-state index in [1.165, 1.54) is 5.56 Å². The molecule has 5 nitrogen and oxygen atoms in total. The Hall–Kier alpha value is -2.60. The Kier molecular flexibility index (Phi) is 3.61. The smallest absolute Gasteiger partial charge is 0.224 e. The summed E-state index contributed by atoms with van der Waals surface area (Å²) in [4.78, 5) is 17.6. The summed E-state index contributed by atoms with van der Waals surface area (Å²) in [6, 6.07) is 4.08. The van der Waals surface area contributed by atoms with Crippen LogP contribution >= 0.6 is 11.3 Å². The second kappa shape index (κ2) is 5.79. The molecule has 122 valence electrons. The number of carbonyl (C=O) groups excluding carboxylic acids is 1. The highest BCUT2D eigenvalue weighted by molar-refractivity contribution is 7.15. The average Bonchev–Trinajstić information content (AvgIpc) is 3.24. The molecule has 0 atom stereocenters. The molecular weight excluding hydrogens is 322 g/mol.